The first-order valence-electron chi connectivity index (χ1n) is 7.85. The molecule has 0 atom stereocenters. The lowest BCUT2D eigenvalue weighted by Gasteiger charge is -1.96. The summed E-state index contributed by atoms with van der Waals surface area (Å²) in [6.07, 6.45) is 1.80. The Morgan fingerprint density at radius 3 is 2.75 bits per heavy atom. The van der Waals surface area contributed by atoms with Gasteiger partial charge in [0.05, 0.1) is 16.6 Å². The van der Waals surface area contributed by atoms with Gasteiger partial charge in [0.15, 0.2) is 11.2 Å². The molecule has 0 N–H and O–H groups in total. The molecule has 0 aliphatic heterocycles. The molecule has 24 heavy (non-hydrogen) atoms. The Labute approximate surface area is 135 Å². The third-order valence-corrected chi connectivity index (χ3v) is 4.78. The van der Waals surface area contributed by atoms with Crippen LogP contribution in [0, 0.1) is 0 Å². The van der Waals surface area contributed by atoms with E-state index in [-0.39, 0.29) is 0 Å². The molecule has 2 aromatic carbocycles. The number of fused-ring (bicyclic) bond motifs is 9. The van der Waals surface area contributed by atoms with Gasteiger partial charge in [-0.05, 0) is 36.4 Å². The van der Waals surface area contributed by atoms with Gasteiger partial charge in [-0.15, -0.1) is 0 Å². The summed E-state index contributed by atoms with van der Waals surface area (Å²) in [4.78, 5) is 9.30. The van der Waals surface area contributed by atoms with Crippen molar-refractivity contribution in [2.75, 3.05) is 0 Å². The second kappa shape index (κ2) is 3.94. The van der Waals surface area contributed by atoms with Crippen molar-refractivity contribution in [3.8, 4) is 0 Å². The summed E-state index contributed by atoms with van der Waals surface area (Å²) in [6, 6.07) is 16.3. The second-order valence-electron chi connectivity index (χ2n) is 6.06. The summed E-state index contributed by atoms with van der Waals surface area (Å²) in [5, 5.41) is 1.02. The summed E-state index contributed by atoms with van der Waals surface area (Å²) >= 11 is 0. The van der Waals surface area contributed by atoms with Gasteiger partial charge < -0.3 is 8.98 Å². The maximum atomic E-state index is 6.16. The number of para-hydroxylation sites is 2. The number of hydrogen-bond acceptors (Lipinski definition) is 3. The molecule has 0 unspecified atom stereocenters. The van der Waals surface area contributed by atoms with Crippen LogP contribution in [0.2, 0.25) is 0 Å². The van der Waals surface area contributed by atoms with E-state index in [4.69, 9.17) is 9.40 Å². The zero-order chi connectivity index (χ0) is 15.8. The number of hydrogen-bond donors (Lipinski definition) is 0. The molecule has 6 rings (SSSR count). The predicted molar refractivity (Wildman–Crippen MR) is 94.2 cm³/mol. The topological polar surface area (TPSA) is 48.3 Å². The lowest BCUT2D eigenvalue weighted by atomic mass is 10.2. The van der Waals surface area contributed by atoms with Crippen molar-refractivity contribution in [3.05, 3.63) is 54.7 Å². The third-order valence-electron chi connectivity index (χ3n) is 4.78. The number of imidazole rings is 2. The number of benzene rings is 2. The molecule has 0 saturated carbocycles. The first-order valence-corrected chi connectivity index (χ1v) is 7.85. The van der Waals surface area contributed by atoms with E-state index in [1.165, 1.54) is 0 Å². The molecule has 5 nitrogen and oxygen atoms in total. The highest BCUT2D eigenvalue weighted by Gasteiger charge is 2.19. The standard InChI is InChI=1S/C19H12N4O/c1-22-13-5-2-3-6-14(13)23-17-12(21-19(22)23)9-8-11-16-15(24-18(11)17)7-4-10-20-16/h2-10H,1H3. The van der Waals surface area contributed by atoms with Crippen molar-refractivity contribution in [1.82, 2.24) is 18.9 Å². The lowest BCUT2D eigenvalue weighted by Crippen LogP contribution is -1.87. The molecular formula is C19H12N4O. The number of nitrogens with zero attached hydrogens (tertiary/aromatic N) is 4. The summed E-state index contributed by atoms with van der Waals surface area (Å²) < 4.78 is 10.4. The Bertz CT molecular complexity index is 1420. The van der Waals surface area contributed by atoms with Gasteiger partial charge in [-0.2, -0.15) is 0 Å². The molecule has 4 heterocycles. The van der Waals surface area contributed by atoms with E-state index < -0.39 is 0 Å². The van der Waals surface area contributed by atoms with Crippen LogP contribution in [0.1, 0.15) is 0 Å². The summed E-state index contributed by atoms with van der Waals surface area (Å²) in [5.41, 5.74) is 6.73. The molecule has 4 aromatic heterocycles. The van der Waals surface area contributed by atoms with Gasteiger partial charge in [-0.25, -0.2) is 4.98 Å². The normalized spacial score (nSPS) is 12.4. The molecule has 0 amide bonds. The molecule has 0 saturated heterocycles. The fraction of sp³-hybridized carbons (Fsp3) is 0.0526. The van der Waals surface area contributed by atoms with E-state index in [0.717, 1.165) is 49.9 Å². The van der Waals surface area contributed by atoms with Gasteiger partial charge in [-0.3, -0.25) is 9.38 Å². The highest BCUT2D eigenvalue weighted by atomic mass is 16.3. The molecule has 0 spiro atoms. The fourth-order valence-electron chi connectivity index (χ4n) is 3.70. The molecule has 6 aromatic rings. The zero-order valence-electron chi connectivity index (χ0n) is 12.9. The van der Waals surface area contributed by atoms with Crippen LogP contribution in [0.4, 0.5) is 0 Å². The first-order chi connectivity index (χ1) is 11.8. The monoisotopic (exact) mass is 312 g/mol. The predicted octanol–water partition coefficient (Wildman–Crippen LogP) is 4.27. The number of aryl methyl sites for hydroxylation is 1. The Morgan fingerprint density at radius 2 is 1.83 bits per heavy atom. The average Bonchev–Trinajstić information content (AvgIpc) is 3.25. The second-order valence-corrected chi connectivity index (χ2v) is 6.06. The summed E-state index contributed by atoms with van der Waals surface area (Å²) in [5.74, 6) is 0.909. The average molecular weight is 312 g/mol. The summed E-state index contributed by atoms with van der Waals surface area (Å²) in [6.45, 7) is 0. The zero-order valence-corrected chi connectivity index (χ0v) is 12.9. The van der Waals surface area contributed by atoms with E-state index >= 15 is 0 Å². The SMILES string of the molecule is Cn1c2ccccc2n2c3c(ccc4c5ncccc5oc43)nc12. The van der Waals surface area contributed by atoms with Gasteiger partial charge in [-0.1, -0.05) is 12.1 Å². The van der Waals surface area contributed by atoms with E-state index in [9.17, 15) is 0 Å². The smallest absolute Gasteiger partial charge is 0.215 e. The van der Waals surface area contributed by atoms with Crippen molar-refractivity contribution in [1.29, 1.82) is 0 Å². The molecular weight excluding hydrogens is 300 g/mol. The molecule has 114 valence electrons. The van der Waals surface area contributed by atoms with Crippen LogP contribution >= 0.6 is 0 Å². The van der Waals surface area contributed by atoms with Gasteiger partial charge >= 0.3 is 0 Å². The highest BCUT2D eigenvalue weighted by Crippen LogP contribution is 2.35. The summed E-state index contributed by atoms with van der Waals surface area (Å²) in [7, 11) is 2.04. The quantitative estimate of drug-likeness (QED) is 0.421. The van der Waals surface area contributed by atoms with Crippen molar-refractivity contribution in [2.45, 2.75) is 0 Å². The molecule has 0 aliphatic rings. The largest absolute Gasteiger partial charge is 0.452 e. The van der Waals surface area contributed by atoms with E-state index in [0.29, 0.717) is 0 Å². The van der Waals surface area contributed by atoms with Crippen molar-refractivity contribution in [2.24, 2.45) is 7.05 Å². The van der Waals surface area contributed by atoms with Crippen LogP contribution in [0.25, 0.3) is 49.9 Å². The molecule has 0 bridgehead atoms. The number of rotatable bonds is 0. The third kappa shape index (κ3) is 1.27. The molecule has 5 heteroatoms. The van der Waals surface area contributed by atoms with Crippen LogP contribution in [0.3, 0.4) is 0 Å². The minimum Gasteiger partial charge on any atom is -0.452 e. The number of pyridine rings is 1. The Balaban J connectivity index is 1.98. The molecule has 0 fully saturated rings. The van der Waals surface area contributed by atoms with Crippen molar-refractivity contribution < 1.29 is 4.42 Å². The maximum Gasteiger partial charge on any atom is 0.215 e. The highest BCUT2D eigenvalue weighted by molar-refractivity contribution is 6.13. The van der Waals surface area contributed by atoms with Crippen LogP contribution in [-0.4, -0.2) is 18.9 Å². The Hall–Kier alpha value is -3.34. The number of furan rings is 1. The molecule has 0 radical (unpaired) electrons. The van der Waals surface area contributed by atoms with Crippen molar-refractivity contribution >= 4 is 49.9 Å². The van der Waals surface area contributed by atoms with Gasteiger partial charge in [0, 0.05) is 18.6 Å². The Morgan fingerprint density at radius 1 is 0.958 bits per heavy atom. The van der Waals surface area contributed by atoms with Crippen LogP contribution in [-0.2, 0) is 7.05 Å². The number of aromatic nitrogens is 4. The van der Waals surface area contributed by atoms with E-state index in [1.807, 2.05) is 43.4 Å². The van der Waals surface area contributed by atoms with Gasteiger partial charge in [0.25, 0.3) is 0 Å². The Kier molecular flexibility index (Phi) is 1.99. The van der Waals surface area contributed by atoms with Crippen LogP contribution < -0.4 is 0 Å². The van der Waals surface area contributed by atoms with Crippen LogP contribution in [0.15, 0.2) is 59.1 Å². The minimum absolute atomic E-state index is 0.801. The van der Waals surface area contributed by atoms with E-state index in [2.05, 4.69) is 26.1 Å². The fourth-order valence-corrected chi connectivity index (χ4v) is 3.70. The lowest BCUT2D eigenvalue weighted by molar-refractivity contribution is 0.670. The molecule has 0 aliphatic carbocycles. The minimum atomic E-state index is 0.801. The first kappa shape index (κ1) is 12.1. The van der Waals surface area contributed by atoms with Crippen LogP contribution in [0.5, 0.6) is 0 Å². The van der Waals surface area contributed by atoms with Crippen molar-refractivity contribution in [3.63, 3.8) is 0 Å². The van der Waals surface area contributed by atoms with E-state index in [1.54, 1.807) is 6.20 Å². The van der Waals surface area contributed by atoms with Gasteiger partial charge in [0.1, 0.15) is 11.0 Å². The van der Waals surface area contributed by atoms with Gasteiger partial charge in [0.2, 0.25) is 5.78 Å². The maximum absolute atomic E-state index is 6.16.